The highest BCUT2D eigenvalue weighted by molar-refractivity contribution is 5.62. The summed E-state index contributed by atoms with van der Waals surface area (Å²) in [5, 5.41) is 9.22. The van der Waals surface area contributed by atoms with Gasteiger partial charge in [0.05, 0.1) is 34.6 Å². The Balaban J connectivity index is 1.55. The van der Waals surface area contributed by atoms with Crippen LogP contribution in [0.5, 0.6) is 23.0 Å². The minimum atomic E-state index is -0.149. The fraction of sp³-hybridized carbons (Fsp3) is 0.467. The third-order valence-corrected chi connectivity index (χ3v) is 13.8. The molecule has 67 heavy (non-hydrogen) atoms. The number of ether oxygens (including phenoxy) is 4. The Hall–Kier alpha value is -5.56. The van der Waals surface area contributed by atoms with E-state index in [0.717, 1.165) is 91.6 Å². The van der Waals surface area contributed by atoms with Crippen LogP contribution >= 0.6 is 0 Å². The molecule has 7 heteroatoms. The van der Waals surface area contributed by atoms with Crippen LogP contribution in [0, 0.1) is 6.92 Å². The second kappa shape index (κ2) is 18.8. The molecule has 0 spiro atoms. The lowest BCUT2D eigenvalue weighted by atomic mass is 9.76. The van der Waals surface area contributed by atoms with Crippen molar-refractivity contribution in [3.05, 3.63) is 151 Å². The van der Waals surface area contributed by atoms with Gasteiger partial charge in [-0.2, -0.15) is 0 Å². The minimum Gasteiger partial charge on any atom is -0.496 e. The van der Waals surface area contributed by atoms with E-state index >= 15 is 0 Å². The van der Waals surface area contributed by atoms with Crippen molar-refractivity contribution in [1.29, 1.82) is 0 Å². The standard InChI is InChI=1S/C60H77N3O4/c1-37-20-22-38(23-21-37)52-36-63(62-61-52)24-18-19-49-50-34-47(59(8,9)10)32-43(55(50)66-16)26-41-30-45(57(2,3)4)28-39(53(41)64-14)25-40-29-46(58(5,6)7)31-42(54(40)65-15)27-44-33-48(60(11,12)13)35-51(49)56(44)67-17/h20-23,28-36,49H,18-19,24-27H2,1-17H3. The summed E-state index contributed by atoms with van der Waals surface area (Å²) >= 11 is 0. The zero-order valence-corrected chi connectivity index (χ0v) is 43.8. The molecule has 0 amide bonds. The van der Waals surface area contributed by atoms with Gasteiger partial charge < -0.3 is 18.9 Å². The first-order valence-corrected chi connectivity index (χ1v) is 24.2. The maximum absolute atomic E-state index is 6.71. The number of fused-ring (bicyclic) bond motifs is 8. The molecule has 1 aliphatic rings. The van der Waals surface area contributed by atoms with E-state index in [1.807, 2.05) is 33.1 Å². The molecule has 0 saturated carbocycles. The summed E-state index contributed by atoms with van der Waals surface area (Å²) in [4.78, 5) is 0. The number of aromatic nitrogens is 3. The second-order valence-corrected chi connectivity index (χ2v) is 23.1. The van der Waals surface area contributed by atoms with Crippen molar-refractivity contribution in [3.8, 4) is 34.3 Å². The van der Waals surface area contributed by atoms with Gasteiger partial charge >= 0.3 is 0 Å². The summed E-state index contributed by atoms with van der Waals surface area (Å²) in [5.41, 5.74) is 16.9. The van der Waals surface area contributed by atoms with Gasteiger partial charge in [0, 0.05) is 48.4 Å². The van der Waals surface area contributed by atoms with E-state index in [-0.39, 0.29) is 27.6 Å². The number of benzene rings is 5. The van der Waals surface area contributed by atoms with Crippen molar-refractivity contribution in [2.24, 2.45) is 0 Å². The molecular formula is C60H77N3O4. The van der Waals surface area contributed by atoms with Gasteiger partial charge in [0.25, 0.3) is 0 Å². The van der Waals surface area contributed by atoms with Crippen LogP contribution in [-0.4, -0.2) is 43.4 Å². The Bertz CT molecular complexity index is 2590. The maximum Gasteiger partial charge on any atom is 0.126 e. The zero-order chi connectivity index (χ0) is 48.8. The van der Waals surface area contributed by atoms with Crippen LogP contribution in [0.4, 0.5) is 0 Å². The van der Waals surface area contributed by atoms with Crippen LogP contribution in [0.15, 0.2) is 79.0 Å². The largest absolute Gasteiger partial charge is 0.496 e. The van der Waals surface area contributed by atoms with Crippen molar-refractivity contribution in [3.63, 3.8) is 0 Å². The summed E-state index contributed by atoms with van der Waals surface area (Å²) in [6.07, 6.45) is 5.63. The predicted octanol–water partition coefficient (Wildman–Crippen LogP) is 14.2. The summed E-state index contributed by atoms with van der Waals surface area (Å²) in [5.74, 6) is 3.53. The van der Waals surface area contributed by atoms with E-state index in [9.17, 15) is 0 Å². The first-order chi connectivity index (χ1) is 31.4. The molecule has 7 nitrogen and oxygen atoms in total. The summed E-state index contributed by atoms with van der Waals surface area (Å²) in [6.45, 7) is 30.5. The molecule has 356 valence electrons. The lowest BCUT2D eigenvalue weighted by Crippen LogP contribution is -2.18. The van der Waals surface area contributed by atoms with Crippen LogP contribution in [-0.2, 0) is 47.5 Å². The van der Waals surface area contributed by atoms with E-state index in [1.54, 1.807) is 0 Å². The number of rotatable bonds is 9. The molecular weight excluding hydrogens is 827 g/mol. The molecule has 5 aromatic carbocycles. The quantitative estimate of drug-likeness (QED) is 0.144. The Kier molecular flexibility index (Phi) is 13.9. The summed E-state index contributed by atoms with van der Waals surface area (Å²) in [7, 11) is 7.32. The molecule has 0 atom stereocenters. The van der Waals surface area contributed by atoms with E-state index in [4.69, 9.17) is 18.9 Å². The molecule has 1 aliphatic carbocycles. The molecule has 7 rings (SSSR count). The van der Waals surface area contributed by atoms with E-state index in [2.05, 4.69) is 179 Å². The number of hydrogen-bond donors (Lipinski definition) is 0. The smallest absolute Gasteiger partial charge is 0.126 e. The number of aryl methyl sites for hydroxylation is 2. The van der Waals surface area contributed by atoms with Gasteiger partial charge in [-0.3, -0.25) is 4.68 Å². The van der Waals surface area contributed by atoms with Gasteiger partial charge in [-0.25, -0.2) is 0 Å². The fourth-order valence-electron chi connectivity index (χ4n) is 9.81. The van der Waals surface area contributed by atoms with Gasteiger partial charge in [-0.15, -0.1) is 5.10 Å². The average molecular weight is 904 g/mol. The highest BCUT2D eigenvalue weighted by Gasteiger charge is 2.32. The summed E-state index contributed by atoms with van der Waals surface area (Å²) < 4.78 is 28.5. The highest BCUT2D eigenvalue weighted by Crippen LogP contribution is 2.48. The molecule has 0 unspecified atom stereocenters. The van der Waals surface area contributed by atoms with Crippen molar-refractivity contribution in [1.82, 2.24) is 15.0 Å². The van der Waals surface area contributed by atoms with Gasteiger partial charge in [-0.05, 0) is 97.1 Å². The molecule has 1 heterocycles. The van der Waals surface area contributed by atoms with Crippen LogP contribution in [0.1, 0.15) is 174 Å². The summed E-state index contributed by atoms with van der Waals surface area (Å²) in [6, 6.07) is 27.5. The minimum absolute atomic E-state index is 0.100. The first-order valence-electron chi connectivity index (χ1n) is 24.2. The monoisotopic (exact) mass is 904 g/mol. The molecule has 6 aromatic rings. The molecule has 0 aliphatic heterocycles. The van der Waals surface area contributed by atoms with Crippen molar-refractivity contribution in [2.75, 3.05) is 28.4 Å². The van der Waals surface area contributed by atoms with Crippen LogP contribution < -0.4 is 18.9 Å². The first kappa shape index (κ1) is 49.3. The fourth-order valence-corrected chi connectivity index (χ4v) is 9.81. The lowest BCUT2D eigenvalue weighted by molar-refractivity contribution is 0.387. The Morgan fingerprint density at radius 3 is 1.18 bits per heavy atom. The molecule has 0 fully saturated rings. The zero-order valence-electron chi connectivity index (χ0n) is 43.8. The second-order valence-electron chi connectivity index (χ2n) is 23.1. The predicted molar refractivity (Wildman–Crippen MR) is 276 cm³/mol. The Morgan fingerprint density at radius 2 is 0.836 bits per heavy atom. The molecule has 0 saturated heterocycles. The van der Waals surface area contributed by atoms with Gasteiger partial charge in [0.15, 0.2) is 0 Å². The SMILES string of the molecule is COc1c2cc(C(C)(C)C)cc1Cc1cc(C(C)(C)C)cc(c1OC)C(CCCn1cc(-c3ccc(C)cc3)nn1)c1cc(C(C)(C)C)cc(c1OC)Cc1cc(C(C)(C)C)cc(c1OC)C2. The number of nitrogens with zero attached hydrogens (tertiary/aromatic N) is 3. The van der Waals surface area contributed by atoms with Crippen molar-refractivity contribution in [2.45, 2.75) is 156 Å². The lowest BCUT2D eigenvalue weighted by Gasteiger charge is -2.31. The van der Waals surface area contributed by atoms with Gasteiger partial charge in [0.1, 0.15) is 28.7 Å². The van der Waals surface area contributed by atoms with Crippen molar-refractivity contribution < 1.29 is 18.9 Å². The van der Waals surface area contributed by atoms with Crippen LogP contribution in [0.3, 0.4) is 0 Å². The van der Waals surface area contributed by atoms with Crippen LogP contribution in [0.25, 0.3) is 11.3 Å². The number of hydrogen-bond acceptors (Lipinski definition) is 6. The Morgan fingerprint density at radius 1 is 0.493 bits per heavy atom. The Labute approximate surface area is 402 Å². The van der Waals surface area contributed by atoms with Gasteiger partial charge in [-0.1, -0.05) is 167 Å². The highest BCUT2D eigenvalue weighted by atomic mass is 16.5. The van der Waals surface area contributed by atoms with E-state index in [1.165, 1.54) is 27.8 Å². The normalized spacial score (nSPS) is 13.7. The van der Waals surface area contributed by atoms with Crippen molar-refractivity contribution >= 4 is 0 Å². The molecule has 1 aromatic heterocycles. The molecule has 0 radical (unpaired) electrons. The average Bonchev–Trinajstić information content (AvgIpc) is 3.72. The number of methoxy groups -OCH3 is 4. The van der Waals surface area contributed by atoms with Crippen LogP contribution in [0.2, 0.25) is 0 Å². The molecule has 8 bridgehead atoms. The topological polar surface area (TPSA) is 67.6 Å². The van der Waals surface area contributed by atoms with E-state index < -0.39 is 0 Å². The third kappa shape index (κ3) is 10.6. The maximum atomic E-state index is 6.71. The van der Waals surface area contributed by atoms with Gasteiger partial charge in [0.2, 0.25) is 0 Å². The third-order valence-electron chi connectivity index (χ3n) is 13.8. The van der Waals surface area contributed by atoms with E-state index in [0.29, 0.717) is 25.8 Å². The molecule has 0 N–H and O–H groups in total.